The molecule has 43 heavy (non-hydrogen) atoms. The average Bonchev–Trinajstić information content (AvgIpc) is 3.49. The van der Waals surface area contributed by atoms with Gasteiger partial charge in [0.1, 0.15) is 31.3 Å². The van der Waals surface area contributed by atoms with Crippen molar-refractivity contribution in [1.29, 1.82) is 0 Å². The molecule has 11 heteroatoms. The third kappa shape index (κ3) is 7.29. The number of benzene rings is 2. The van der Waals surface area contributed by atoms with Crippen LogP contribution in [0.1, 0.15) is 37.8 Å². The summed E-state index contributed by atoms with van der Waals surface area (Å²) in [5.41, 5.74) is 7.41. The molecule has 5 amide bonds. The minimum Gasteiger partial charge on any atom is -0.375 e. The Morgan fingerprint density at radius 1 is 1.02 bits per heavy atom. The quantitative estimate of drug-likeness (QED) is 0.407. The number of carbonyl (C=O) groups is 5. The van der Waals surface area contributed by atoms with Crippen LogP contribution in [-0.2, 0) is 35.1 Å². The van der Waals surface area contributed by atoms with Gasteiger partial charge in [-0.2, -0.15) is 0 Å². The summed E-state index contributed by atoms with van der Waals surface area (Å²) in [6.07, 6.45) is 2.88. The third-order valence-electron chi connectivity index (χ3n) is 7.71. The number of methoxy groups -OCH3 is 1. The maximum Gasteiger partial charge on any atom is 0.253 e. The van der Waals surface area contributed by atoms with E-state index in [1.54, 1.807) is 30.5 Å². The summed E-state index contributed by atoms with van der Waals surface area (Å²) in [4.78, 5) is 70.6. The Hall–Kier alpha value is -4.51. The molecule has 3 N–H and O–H groups in total. The molecule has 2 aliphatic heterocycles. The van der Waals surface area contributed by atoms with Crippen LogP contribution in [0.4, 0.5) is 0 Å². The van der Waals surface area contributed by atoms with Gasteiger partial charge in [0.25, 0.3) is 11.8 Å². The zero-order valence-corrected chi connectivity index (χ0v) is 24.8. The average molecular weight is 590 g/mol. The van der Waals surface area contributed by atoms with Crippen LogP contribution in [0.15, 0.2) is 66.9 Å². The lowest BCUT2D eigenvalue weighted by molar-refractivity contribution is -0.147. The molecule has 2 aromatic carbocycles. The van der Waals surface area contributed by atoms with Crippen LogP contribution in [-0.4, -0.2) is 89.2 Å². The summed E-state index contributed by atoms with van der Waals surface area (Å²) in [6, 6.07) is 15.7. The van der Waals surface area contributed by atoms with Gasteiger partial charge in [-0.25, -0.2) is 0 Å². The number of hydrogen-bond acceptors (Lipinski definition) is 6. The van der Waals surface area contributed by atoms with E-state index in [-0.39, 0.29) is 31.4 Å². The van der Waals surface area contributed by atoms with E-state index in [1.165, 1.54) is 21.8 Å². The van der Waals surface area contributed by atoms with E-state index in [2.05, 4.69) is 5.32 Å². The molecule has 228 valence electrons. The molecule has 3 atom stereocenters. The topological polar surface area (TPSA) is 142 Å². The number of carbonyl (C=O) groups excluding carboxylic acids is 5. The second-order valence-electron chi connectivity index (χ2n) is 11.1. The number of ether oxygens (including phenoxy) is 1. The lowest BCUT2D eigenvalue weighted by Gasteiger charge is -2.41. The number of nitrogens with zero attached hydrogens (tertiary/aromatic N) is 3. The molecule has 1 fully saturated rings. The fourth-order valence-corrected chi connectivity index (χ4v) is 5.67. The van der Waals surface area contributed by atoms with Crippen LogP contribution in [0.25, 0.3) is 5.70 Å². The molecular weight excluding hydrogens is 550 g/mol. The van der Waals surface area contributed by atoms with Crippen molar-refractivity contribution in [2.75, 3.05) is 26.8 Å². The van der Waals surface area contributed by atoms with E-state index in [0.29, 0.717) is 30.6 Å². The molecular formula is C32H39N5O6. The summed E-state index contributed by atoms with van der Waals surface area (Å²) in [5.74, 6) is -2.61. The zero-order chi connectivity index (χ0) is 31.1. The van der Waals surface area contributed by atoms with Gasteiger partial charge in [-0.15, -0.1) is 0 Å². The Bertz CT molecular complexity index is 1360. The molecule has 2 heterocycles. The van der Waals surface area contributed by atoms with Crippen molar-refractivity contribution in [2.24, 2.45) is 11.7 Å². The molecule has 0 saturated carbocycles. The zero-order valence-electron chi connectivity index (χ0n) is 24.8. The first-order chi connectivity index (χ1) is 20.6. The molecule has 0 unspecified atom stereocenters. The molecule has 0 aliphatic carbocycles. The Morgan fingerprint density at radius 3 is 2.28 bits per heavy atom. The smallest absolute Gasteiger partial charge is 0.253 e. The number of nitrogens with two attached hydrogens (primary N) is 1. The fourth-order valence-electron chi connectivity index (χ4n) is 5.67. The highest BCUT2D eigenvalue weighted by molar-refractivity contribution is 6.00. The molecule has 0 radical (unpaired) electrons. The van der Waals surface area contributed by atoms with E-state index in [1.807, 2.05) is 50.2 Å². The van der Waals surface area contributed by atoms with Crippen LogP contribution in [0.5, 0.6) is 0 Å². The van der Waals surface area contributed by atoms with E-state index in [4.69, 9.17) is 10.5 Å². The van der Waals surface area contributed by atoms with E-state index in [0.717, 1.165) is 5.56 Å². The number of nitrogens with one attached hydrogen (secondary N) is 1. The number of primary amides is 1. The molecule has 11 nitrogen and oxygen atoms in total. The summed E-state index contributed by atoms with van der Waals surface area (Å²) in [6.45, 7) is 3.43. The van der Waals surface area contributed by atoms with Crippen molar-refractivity contribution in [3.05, 3.63) is 78.0 Å². The van der Waals surface area contributed by atoms with Crippen molar-refractivity contribution >= 4 is 35.2 Å². The Morgan fingerprint density at radius 2 is 1.67 bits per heavy atom. The van der Waals surface area contributed by atoms with Crippen molar-refractivity contribution in [3.63, 3.8) is 0 Å². The van der Waals surface area contributed by atoms with Gasteiger partial charge in [0.2, 0.25) is 17.7 Å². The minimum atomic E-state index is -0.987. The molecule has 1 saturated heterocycles. The maximum absolute atomic E-state index is 14.0. The summed E-state index contributed by atoms with van der Waals surface area (Å²) in [5, 5.41) is 2.84. The third-order valence-corrected chi connectivity index (χ3v) is 7.71. The number of hydrogen-bond donors (Lipinski definition) is 2. The molecule has 2 aliphatic rings. The van der Waals surface area contributed by atoms with Crippen LogP contribution in [0.3, 0.4) is 0 Å². The first-order valence-electron chi connectivity index (χ1n) is 14.4. The van der Waals surface area contributed by atoms with Crippen molar-refractivity contribution in [2.45, 2.75) is 51.2 Å². The number of likely N-dealkylation sites (tertiary alicyclic amines) is 1. The van der Waals surface area contributed by atoms with Gasteiger partial charge in [0.05, 0.1) is 5.70 Å². The van der Waals surface area contributed by atoms with Gasteiger partial charge < -0.3 is 25.6 Å². The van der Waals surface area contributed by atoms with Gasteiger partial charge in [0, 0.05) is 26.3 Å². The largest absolute Gasteiger partial charge is 0.375 e. The SMILES string of the molecule is COCC(=O)N1C=C(c2ccccc2)N(CC(=O)N[C@@H](Cc2ccccc2)C(=O)N2CCC[C@H]2C(N)=O)C(=O)[C@@H]1C(C)C. The lowest BCUT2D eigenvalue weighted by atomic mass is 9.97. The highest BCUT2D eigenvalue weighted by Crippen LogP contribution is 2.30. The molecule has 2 aromatic rings. The molecule has 0 aromatic heterocycles. The normalized spacial score (nSPS) is 19.3. The minimum absolute atomic E-state index is 0.191. The summed E-state index contributed by atoms with van der Waals surface area (Å²) in [7, 11) is 1.41. The summed E-state index contributed by atoms with van der Waals surface area (Å²) >= 11 is 0. The van der Waals surface area contributed by atoms with E-state index in [9.17, 15) is 24.0 Å². The van der Waals surface area contributed by atoms with Crippen LogP contribution in [0.2, 0.25) is 0 Å². The first kappa shape index (κ1) is 31.4. The van der Waals surface area contributed by atoms with Gasteiger partial charge in [-0.1, -0.05) is 74.5 Å². The highest BCUT2D eigenvalue weighted by Gasteiger charge is 2.42. The van der Waals surface area contributed by atoms with Crippen molar-refractivity contribution in [3.8, 4) is 0 Å². The number of rotatable bonds is 11. The van der Waals surface area contributed by atoms with Crippen molar-refractivity contribution < 1.29 is 28.7 Å². The second kappa shape index (κ2) is 14.1. The standard InChI is InChI=1S/C32H39N5O6/c1-21(2)29-32(42)36(26(23-13-8-5-9-14-23)18-37(29)28(39)20-43-3)19-27(38)34-24(17-22-11-6-4-7-12-22)31(41)35-16-10-15-25(35)30(33)40/h4-9,11-14,18,21,24-25,29H,10,15-17,19-20H2,1-3H3,(H2,33,40)(H,34,38)/t24-,25-,29-/m0/s1. The van der Waals surface area contributed by atoms with Gasteiger partial charge in [-0.05, 0) is 29.9 Å². The monoisotopic (exact) mass is 589 g/mol. The van der Waals surface area contributed by atoms with Gasteiger partial charge in [0.15, 0.2) is 0 Å². The first-order valence-corrected chi connectivity index (χ1v) is 14.4. The fraction of sp³-hybridized carbons (Fsp3) is 0.406. The van der Waals surface area contributed by atoms with Crippen LogP contribution >= 0.6 is 0 Å². The molecule has 0 bridgehead atoms. The van der Waals surface area contributed by atoms with E-state index >= 15 is 0 Å². The predicted molar refractivity (Wildman–Crippen MR) is 159 cm³/mol. The number of amides is 5. The second-order valence-corrected chi connectivity index (χ2v) is 11.1. The maximum atomic E-state index is 14.0. The lowest BCUT2D eigenvalue weighted by Crippen LogP contribution is -2.58. The molecule has 0 spiro atoms. The van der Waals surface area contributed by atoms with Crippen molar-refractivity contribution in [1.82, 2.24) is 20.0 Å². The highest BCUT2D eigenvalue weighted by atomic mass is 16.5. The Balaban J connectivity index is 1.65. The Labute approximate surface area is 251 Å². The van der Waals surface area contributed by atoms with E-state index < -0.39 is 41.8 Å². The predicted octanol–water partition coefficient (Wildman–Crippen LogP) is 1.53. The van der Waals surface area contributed by atoms with Crippen LogP contribution in [0, 0.1) is 5.92 Å². The molecule has 4 rings (SSSR count). The van der Waals surface area contributed by atoms with Crippen LogP contribution < -0.4 is 11.1 Å². The van der Waals surface area contributed by atoms with Gasteiger partial charge in [-0.3, -0.25) is 28.9 Å². The Kier molecular flexibility index (Phi) is 10.3. The summed E-state index contributed by atoms with van der Waals surface area (Å²) < 4.78 is 5.06. The van der Waals surface area contributed by atoms with Gasteiger partial charge >= 0.3 is 0 Å².